The molecule has 0 amide bonds. The predicted molar refractivity (Wildman–Crippen MR) is 91.2 cm³/mol. The molecule has 0 atom stereocenters. The quantitative estimate of drug-likeness (QED) is 0.763. The lowest BCUT2D eigenvalue weighted by atomic mass is 10.2. The van der Waals surface area contributed by atoms with Gasteiger partial charge < -0.3 is 19.3 Å². The Kier molecular flexibility index (Phi) is 5.31. The number of hydrogen-bond acceptors (Lipinski definition) is 5. The first-order chi connectivity index (χ1) is 11.3. The van der Waals surface area contributed by atoms with Crippen LogP contribution in [0.4, 0.5) is 0 Å². The van der Waals surface area contributed by atoms with Gasteiger partial charge in [-0.3, -0.25) is 4.98 Å². The lowest BCUT2D eigenvalue weighted by molar-refractivity contribution is 0.145. The van der Waals surface area contributed by atoms with Crippen LogP contribution in [0.2, 0.25) is 0 Å². The third-order valence-electron chi connectivity index (χ3n) is 4.29. The lowest BCUT2D eigenvalue weighted by Crippen LogP contribution is -2.44. The van der Waals surface area contributed by atoms with E-state index in [4.69, 9.17) is 9.47 Å². The highest BCUT2D eigenvalue weighted by molar-refractivity contribution is 5.86. The van der Waals surface area contributed by atoms with Crippen LogP contribution in [0.15, 0.2) is 24.4 Å². The molecule has 1 aromatic carbocycles. The maximum atomic E-state index is 5.93. The van der Waals surface area contributed by atoms with Gasteiger partial charge in [-0.2, -0.15) is 0 Å². The molecule has 5 nitrogen and oxygen atoms in total. The summed E-state index contributed by atoms with van der Waals surface area (Å²) < 4.78 is 11.4. The van der Waals surface area contributed by atoms with Gasteiger partial charge in [-0.15, -0.1) is 0 Å². The first kappa shape index (κ1) is 16.0. The number of rotatable bonds is 6. The minimum absolute atomic E-state index is 0.685. The molecule has 0 spiro atoms. The molecule has 2 aromatic rings. The summed E-state index contributed by atoms with van der Waals surface area (Å²) in [5.41, 5.74) is 0.798. The highest BCUT2D eigenvalue weighted by atomic mass is 16.5. The molecule has 3 rings (SSSR count). The molecule has 0 bridgehead atoms. The summed E-state index contributed by atoms with van der Waals surface area (Å²) in [6.45, 7) is 6.37. The Morgan fingerprint density at radius 3 is 2.83 bits per heavy atom. The fourth-order valence-electron chi connectivity index (χ4n) is 2.89. The van der Waals surface area contributed by atoms with E-state index in [1.807, 2.05) is 12.1 Å². The van der Waals surface area contributed by atoms with E-state index in [2.05, 4.69) is 27.9 Å². The highest BCUT2D eigenvalue weighted by Crippen LogP contribution is 2.33. The Bertz CT molecular complexity index is 639. The molecular weight excluding hydrogens is 290 g/mol. The molecule has 5 heteroatoms. The topological polar surface area (TPSA) is 37.8 Å². The molecule has 23 heavy (non-hydrogen) atoms. The molecule has 123 valence electrons. The SMILES string of the molecule is COc1c(OCCCN2CCN(C)CC2)ccc2[c]ccnc12. The minimum Gasteiger partial charge on any atom is -0.491 e. The second-order valence-electron chi connectivity index (χ2n) is 5.93. The number of likely N-dealkylation sites (N-methyl/N-ethyl adjacent to an activating group) is 1. The molecule has 1 aliphatic rings. The van der Waals surface area contributed by atoms with Gasteiger partial charge in [0.05, 0.1) is 13.7 Å². The summed E-state index contributed by atoms with van der Waals surface area (Å²) in [5.74, 6) is 1.45. The summed E-state index contributed by atoms with van der Waals surface area (Å²) in [6.07, 6.45) is 2.74. The van der Waals surface area contributed by atoms with E-state index in [0.29, 0.717) is 12.4 Å². The number of aromatic nitrogens is 1. The van der Waals surface area contributed by atoms with Gasteiger partial charge in [0.2, 0.25) is 0 Å². The second kappa shape index (κ2) is 7.62. The van der Waals surface area contributed by atoms with E-state index in [1.165, 1.54) is 0 Å². The van der Waals surface area contributed by atoms with Crippen molar-refractivity contribution >= 4 is 10.9 Å². The first-order valence-corrected chi connectivity index (χ1v) is 8.15. The number of ether oxygens (including phenoxy) is 2. The van der Waals surface area contributed by atoms with Crippen LogP contribution in [0.5, 0.6) is 11.5 Å². The fourth-order valence-corrected chi connectivity index (χ4v) is 2.89. The average Bonchev–Trinajstić information content (AvgIpc) is 2.59. The molecular formula is C18H24N3O2. The van der Waals surface area contributed by atoms with Crippen LogP contribution >= 0.6 is 0 Å². The van der Waals surface area contributed by atoms with Crippen LogP contribution in [-0.2, 0) is 0 Å². The summed E-state index contributed by atoms with van der Waals surface area (Å²) in [5, 5.41) is 0.939. The van der Waals surface area contributed by atoms with Crippen LogP contribution in [-0.4, -0.2) is 68.3 Å². The molecule has 1 radical (unpaired) electrons. The van der Waals surface area contributed by atoms with Crippen molar-refractivity contribution in [2.45, 2.75) is 6.42 Å². The normalized spacial score (nSPS) is 16.6. The number of methoxy groups -OCH3 is 1. The number of hydrogen-bond donors (Lipinski definition) is 0. The Balaban J connectivity index is 1.55. The number of piperazine rings is 1. The fraction of sp³-hybridized carbons (Fsp3) is 0.500. The number of nitrogens with zero attached hydrogens (tertiary/aromatic N) is 3. The Labute approximate surface area is 137 Å². The monoisotopic (exact) mass is 314 g/mol. The third kappa shape index (κ3) is 3.92. The zero-order valence-electron chi connectivity index (χ0n) is 13.9. The van der Waals surface area contributed by atoms with E-state index in [9.17, 15) is 0 Å². The predicted octanol–water partition coefficient (Wildman–Crippen LogP) is 2.06. The van der Waals surface area contributed by atoms with Crippen LogP contribution in [0.1, 0.15) is 6.42 Å². The first-order valence-electron chi connectivity index (χ1n) is 8.15. The van der Waals surface area contributed by atoms with Gasteiger partial charge >= 0.3 is 0 Å². The van der Waals surface area contributed by atoms with Gasteiger partial charge in [0.15, 0.2) is 11.5 Å². The largest absolute Gasteiger partial charge is 0.491 e. The van der Waals surface area contributed by atoms with Crippen molar-refractivity contribution in [1.82, 2.24) is 14.8 Å². The lowest BCUT2D eigenvalue weighted by Gasteiger charge is -2.32. The van der Waals surface area contributed by atoms with Crippen molar-refractivity contribution in [3.8, 4) is 11.5 Å². The molecule has 0 unspecified atom stereocenters. The van der Waals surface area contributed by atoms with Crippen molar-refractivity contribution in [2.75, 3.05) is 53.5 Å². The van der Waals surface area contributed by atoms with Crippen LogP contribution < -0.4 is 9.47 Å². The maximum absolute atomic E-state index is 5.93. The molecule has 1 aliphatic heterocycles. The van der Waals surface area contributed by atoms with Crippen molar-refractivity contribution in [3.05, 3.63) is 30.5 Å². The van der Waals surface area contributed by atoms with Crippen LogP contribution in [0.3, 0.4) is 0 Å². The molecule has 1 fully saturated rings. The van der Waals surface area contributed by atoms with Gasteiger partial charge in [0, 0.05) is 44.3 Å². The van der Waals surface area contributed by atoms with Gasteiger partial charge in [-0.05, 0) is 37.7 Å². The number of pyridine rings is 1. The average molecular weight is 314 g/mol. The Morgan fingerprint density at radius 2 is 2.04 bits per heavy atom. The zero-order valence-corrected chi connectivity index (χ0v) is 13.9. The number of fused-ring (bicyclic) bond motifs is 1. The minimum atomic E-state index is 0.685. The summed E-state index contributed by atoms with van der Waals surface area (Å²) in [4.78, 5) is 9.24. The highest BCUT2D eigenvalue weighted by Gasteiger charge is 2.14. The molecule has 1 saturated heterocycles. The number of benzene rings is 1. The van der Waals surface area contributed by atoms with Gasteiger partial charge in [0.25, 0.3) is 0 Å². The maximum Gasteiger partial charge on any atom is 0.187 e. The van der Waals surface area contributed by atoms with Gasteiger partial charge in [0.1, 0.15) is 5.52 Å². The van der Waals surface area contributed by atoms with Crippen molar-refractivity contribution in [1.29, 1.82) is 0 Å². The van der Waals surface area contributed by atoms with E-state index in [1.54, 1.807) is 19.4 Å². The molecule has 2 heterocycles. The standard InChI is InChI=1S/C18H24N3O2/c1-20-10-12-21(13-11-20)9-4-14-23-16-7-6-15-5-3-8-19-17(15)18(16)22-2/h3,6-8H,4,9-14H2,1-2H3. The molecule has 1 aromatic heterocycles. The van der Waals surface area contributed by atoms with Crippen LogP contribution in [0.25, 0.3) is 10.9 Å². The van der Waals surface area contributed by atoms with Crippen LogP contribution in [0, 0.1) is 6.07 Å². The van der Waals surface area contributed by atoms with Gasteiger partial charge in [-0.1, -0.05) is 0 Å². The summed E-state index contributed by atoms with van der Waals surface area (Å²) in [6, 6.07) is 8.87. The third-order valence-corrected chi connectivity index (χ3v) is 4.29. The van der Waals surface area contributed by atoms with E-state index in [0.717, 1.165) is 55.8 Å². The van der Waals surface area contributed by atoms with E-state index < -0.39 is 0 Å². The Hall–Kier alpha value is -1.85. The van der Waals surface area contributed by atoms with Crippen molar-refractivity contribution in [3.63, 3.8) is 0 Å². The molecule has 0 N–H and O–H groups in total. The van der Waals surface area contributed by atoms with Crippen molar-refractivity contribution in [2.24, 2.45) is 0 Å². The summed E-state index contributed by atoms with van der Waals surface area (Å²) >= 11 is 0. The summed E-state index contributed by atoms with van der Waals surface area (Å²) in [7, 11) is 3.83. The van der Waals surface area contributed by atoms with E-state index >= 15 is 0 Å². The van der Waals surface area contributed by atoms with Gasteiger partial charge in [-0.25, -0.2) is 0 Å². The molecule has 0 saturated carbocycles. The Morgan fingerprint density at radius 1 is 1.22 bits per heavy atom. The van der Waals surface area contributed by atoms with Crippen molar-refractivity contribution < 1.29 is 9.47 Å². The zero-order chi connectivity index (χ0) is 16.1. The molecule has 0 aliphatic carbocycles. The second-order valence-corrected chi connectivity index (χ2v) is 5.93. The van der Waals surface area contributed by atoms with E-state index in [-0.39, 0.29) is 0 Å². The smallest absolute Gasteiger partial charge is 0.187 e.